The van der Waals surface area contributed by atoms with Gasteiger partial charge in [-0.25, -0.2) is 0 Å². The van der Waals surface area contributed by atoms with Crippen LogP contribution in [-0.2, 0) is 11.3 Å². The first kappa shape index (κ1) is 15.5. The summed E-state index contributed by atoms with van der Waals surface area (Å²) in [5, 5.41) is 6.22. The van der Waals surface area contributed by atoms with Crippen LogP contribution in [0.1, 0.15) is 24.8 Å². The van der Waals surface area contributed by atoms with Gasteiger partial charge in [0.1, 0.15) is 0 Å². The molecule has 0 spiro atoms. The van der Waals surface area contributed by atoms with E-state index in [0.29, 0.717) is 6.54 Å². The van der Waals surface area contributed by atoms with E-state index in [2.05, 4.69) is 26.6 Å². The molecule has 5 heteroatoms. The predicted molar refractivity (Wildman–Crippen MR) is 78.9 cm³/mol. The average molecular weight is 334 g/mol. The molecule has 1 atom stereocenters. The third-order valence-electron chi connectivity index (χ3n) is 3.04. The quantitative estimate of drug-likeness (QED) is 0.893. The molecule has 0 saturated carbocycles. The van der Waals surface area contributed by atoms with Gasteiger partial charge in [-0.1, -0.05) is 40.5 Å². The summed E-state index contributed by atoms with van der Waals surface area (Å²) in [6.45, 7) is 1.53. The molecule has 1 aromatic rings. The molecule has 100 valence electrons. The highest BCUT2D eigenvalue weighted by Crippen LogP contribution is 2.15. The molecule has 1 fully saturated rings. The third-order valence-corrected chi connectivity index (χ3v) is 3.81. The molecule has 1 amide bonds. The molecule has 1 heterocycles. The van der Waals surface area contributed by atoms with Gasteiger partial charge in [-0.3, -0.25) is 4.79 Å². The minimum Gasteiger partial charge on any atom is -0.351 e. The molecule has 1 aliphatic rings. The maximum Gasteiger partial charge on any atom is 0.237 e. The summed E-state index contributed by atoms with van der Waals surface area (Å²) in [7, 11) is 0. The van der Waals surface area contributed by atoms with Crippen LogP contribution in [0.15, 0.2) is 28.7 Å². The van der Waals surface area contributed by atoms with Gasteiger partial charge in [0.2, 0.25) is 5.91 Å². The van der Waals surface area contributed by atoms with Crippen molar-refractivity contribution in [2.75, 3.05) is 6.54 Å². The Morgan fingerprint density at radius 1 is 1.39 bits per heavy atom. The number of halogens is 2. The minimum atomic E-state index is -0.00811. The lowest BCUT2D eigenvalue weighted by Crippen LogP contribution is -2.46. The molecule has 0 bridgehead atoms. The molecule has 0 aliphatic carbocycles. The summed E-state index contributed by atoms with van der Waals surface area (Å²) in [5.41, 5.74) is 1.11. The summed E-state index contributed by atoms with van der Waals surface area (Å²) >= 11 is 3.48. The summed E-state index contributed by atoms with van der Waals surface area (Å²) in [6, 6.07) is 7.94. The van der Waals surface area contributed by atoms with Crippen LogP contribution in [0.3, 0.4) is 0 Å². The maximum atomic E-state index is 11.9. The third kappa shape index (κ3) is 4.26. The number of piperidine rings is 1. The van der Waals surface area contributed by atoms with Crippen LogP contribution in [0.2, 0.25) is 0 Å². The van der Waals surface area contributed by atoms with Crippen molar-refractivity contribution < 1.29 is 4.79 Å². The van der Waals surface area contributed by atoms with Gasteiger partial charge in [-0.15, -0.1) is 12.4 Å². The highest BCUT2D eigenvalue weighted by molar-refractivity contribution is 9.10. The van der Waals surface area contributed by atoms with Gasteiger partial charge in [0, 0.05) is 11.0 Å². The lowest BCUT2D eigenvalue weighted by Gasteiger charge is -2.22. The van der Waals surface area contributed by atoms with E-state index in [1.807, 2.05) is 24.3 Å². The lowest BCUT2D eigenvalue weighted by atomic mass is 10.0. The van der Waals surface area contributed by atoms with Crippen LogP contribution in [-0.4, -0.2) is 18.5 Å². The van der Waals surface area contributed by atoms with Crippen LogP contribution in [0, 0.1) is 0 Å². The Balaban J connectivity index is 0.00000162. The van der Waals surface area contributed by atoms with Gasteiger partial charge >= 0.3 is 0 Å². The van der Waals surface area contributed by atoms with Crippen LogP contribution in [0.4, 0.5) is 0 Å². The first-order valence-corrected chi connectivity index (χ1v) is 6.81. The molecule has 2 N–H and O–H groups in total. The summed E-state index contributed by atoms with van der Waals surface area (Å²) < 4.78 is 1.04. The Hall–Kier alpha value is -0.580. The van der Waals surface area contributed by atoms with Crippen molar-refractivity contribution in [2.24, 2.45) is 0 Å². The fourth-order valence-electron chi connectivity index (χ4n) is 2.02. The molecule has 2 rings (SSSR count). The van der Waals surface area contributed by atoms with Crippen molar-refractivity contribution in [1.29, 1.82) is 0 Å². The molecule has 3 nitrogen and oxygen atoms in total. The van der Waals surface area contributed by atoms with Gasteiger partial charge in [0.15, 0.2) is 0 Å². The van der Waals surface area contributed by atoms with Crippen LogP contribution < -0.4 is 10.6 Å². The monoisotopic (exact) mass is 332 g/mol. The topological polar surface area (TPSA) is 41.1 Å². The summed E-state index contributed by atoms with van der Waals surface area (Å²) in [5.74, 6) is 0.112. The van der Waals surface area contributed by atoms with Gasteiger partial charge in [0.25, 0.3) is 0 Å². The Labute approximate surface area is 122 Å². The summed E-state index contributed by atoms with van der Waals surface area (Å²) in [4.78, 5) is 11.9. The second-order valence-corrected chi connectivity index (χ2v) is 5.17. The number of hydrogen-bond acceptors (Lipinski definition) is 2. The van der Waals surface area contributed by atoms with E-state index in [1.54, 1.807) is 0 Å². The van der Waals surface area contributed by atoms with E-state index >= 15 is 0 Å². The predicted octanol–water partition coefficient (Wildman–Crippen LogP) is 2.63. The molecule has 1 aliphatic heterocycles. The maximum absolute atomic E-state index is 11.9. The van der Waals surface area contributed by atoms with Gasteiger partial charge in [0.05, 0.1) is 6.04 Å². The van der Waals surface area contributed by atoms with E-state index in [0.717, 1.165) is 29.4 Å². The van der Waals surface area contributed by atoms with Crippen molar-refractivity contribution in [3.05, 3.63) is 34.3 Å². The normalized spacial score (nSPS) is 18.8. The number of carbonyl (C=O) groups is 1. The lowest BCUT2D eigenvalue weighted by molar-refractivity contribution is -0.123. The summed E-state index contributed by atoms with van der Waals surface area (Å²) in [6.07, 6.45) is 3.26. The first-order valence-electron chi connectivity index (χ1n) is 6.02. The number of rotatable bonds is 3. The van der Waals surface area contributed by atoms with Gasteiger partial charge in [-0.05, 0) is 31.0 Å². The van der Waals surface area contributed by atoms with Crippen LogP contribution in [0.5, 0.6) is 0 Å². The molecular weight excluding hydrogens is 316 g/mol. The zero-order chi connectivity index (χ0) is 12.1. The molecule has 18 heavy (non-hydrogen) atoms. The standard InChI is InChI=1S/C13H17BrN2O.ClH/c14-11-6-2-1-5-10(11)9-16-13(17)12-7-3-4-8-15-12;/h1-2,5-6,12,15H,3-4,7-9H2,(H,16,17);1H/t12-;/m1./s1. The molecular formula is C13H18BrClN2O. The smallest absolute Gasteiger partial charge is 0.237 e. The van der Waals surface area contributed by atoms with E-state index in [9.17, 15) is 4.79 Å². The van der Waals surface area contributed by atoms with E-state index in [4.69, 9.17) is 0 Å². The van der Waals surface area contributed by atoms with Crippen molar-refractivity contribution >= 4 is 34.2 Å². The Morgan fingerprint density at radius 2 is 2.17 bits per heavy atom. The fraction of sp³-hybridized carbons (Fsp3) is 0.462. The molecule has 1 aromatic carbocycles. The molecule has 0 aromatic heterocycles. The average Bonchev–Trinajstić information content (AvgIpc) is 2.38. The first-order chi connectivity index (χ1) is 8.27. The number of carbonyl (C=O) groups excluding carboxylic acids is 1. The van der Waals surface area contributed by atoms with Crippen LogP contribution in [0.25, 0.3) is 0 Å². The number of hydrogen-bond donors (Lipinski definition) is 2. The highest BCUT2D eigenvalue weighted by atomic mass is 79.9. The Bertz CT molecular complexity index is 394. The highest BCUT2D eigenvalue weighted by Gasteiger charge is 2.19. The van der Waals surface area contributed by atoms with Crippen molar-refractivity contribution in [2.45, 2.75) is 31.8 Å². The van der Waals surface area contributed by atoms with Crippen molar-refractivity contribution in [3.63, 3.8) is 0 Å². The second-order valence-electron chi connectivity index (χ2n) is 4.31. The van der Waals surface area contributed by atoms with Gasteiger partial charge in [-0.2, -0.15) is 0 Å². The zero-order valence-corrected chi connectivity index (χ0v) is 12.5. The largest absolute Gasteiger partial charge is 0.351 e. The number of amides is 1. The molecule has 0 unspecified atom stereocenters. The Morgan fingerprint density at radius 3 is 2.83 bits per heavy atom. The van der Waals surface area contributed by atoms with Crippen molar-refractivity contribution in [3.8, 4) is 0 Å². The fourth-order valence-corrected chi connectivity index (χ4v) is 2.45. The Kier molecular flexibility index (Phi) is 6.68. The van der Waals surface area contributed by atoms with Crippen LogP contribution >= 0.6 is 28.3 Å². The molecule has 1 saturated heterocycles. The molecule has 0 radical (unpaired) electrons. The minimum absolute atomic E-state index is 0. The number of benzene rings is 1. The van der Waals surface area contributed by atoms with E-state index < -0.39 is 0 Å². The van der Waals surface area contributed by atoms with E-state index in [-0.39, 0.29) is 24.4 Å². The number of nitrogens with one attached hydrogen (secondary N) is 2. The van der Waals surface area contributed by atoms with Crippen molar-refractivity contribution in [1.82, 2.24) is 10.6 Å². The van der Waals surface area contributed by atoms with E-state index in [1.165, 1.54) is 6.42 Å². The second kappa shape index (κ2) is 7.77. The SMILES string of the molecule is Cl.O=C(NCc1ccccc1Br)[C@H]1CCCCN1. The van der Waals surface area contributed by atoms with Gasteiger partial charge < -0.3 is 10.6 Å². The zero-order valence-electron chi connectivity index (χ0n) is 10.1.